The summed E-state index contributed by atoms with van der Waals surface area (Å²) in [5.41, 5.74) is 2.48. The third-order valence-corrected chi connectivity index (χ3v) is 2.29. The number of rotatable bonds is 2. The Kier molecular flexibility index (Phi) is 2.78. The number of fused-ring (bicyclic) bond motifs is 1. The Morgan fingerprint density at radius 2 is 2.33 bits per heavy atom. The molecule has 1 aliphatic heterocycles. The molecule has 0 saturated heterocycles. The van der Waals surface area contributed by atoms with Crippen LogP contribution in [0, 0.1) is 0 Å². The van der Waals surface area contributed by atoms with Gasteiger partial charge in [0.1, 0.15) is 12.8 Å². The Morgan fingerprint density at radius 1 is 1.53 bits per heavy atom. The van der Waals surface area contributed by atoms with Crippen molar-refractivity contribution >= 4 is 12.0 Å². The molecule has 0 saturated carbocycles. The second-order valence-electron chi connectivity index (χ2n) is 3.18. The molecule has 4 heteroatoms. The highest BCUT2D eigenvalue weighted by atomic mass is 16.6. The molecule has 0 amide bonds. The Bertz CT molecular complexity index is 401. The van der Waals surface area contributed by atoms with Gasteiger partial charge in [-0.25, -0.2) is 0 Å². The average molecular weight is 205 g/mol. The van der Waals surface area contributed by atoms with Crippen molar-refractivity contribution < 1.29 is 14.4 Å². The van der Waals surface area contributed by atoms with E-state index in [-0.39, 0.29) is 0 Å². The number of carbonyl (C=O) groups excluding carboxylic acids is 1. The molecule has 1 aromatic rings. The zero-order chi connectivity index (χ0) is 10.7. The van der Waals surface area contributed by atoms with E-state index in [2.05, 4.69) is 5.16 Å². The lowest BCUT2D eigenvalue weighted by molar-refractivity contribution is -0.115. The van der Waals surface area contributed by atoms with Crippen molar-refractivity contribution in [2.24, 2.45) is 5.16 Å². The van der Waals surface area contributed by atoms with Gasteiger partial charge in [-0.05, 0) is 5.56 Å². The highest BCUT2D eigenvalue weighted by Gasteiger charge is 2.26. The van der Waals surface area contributed by atoms with Crippen LogP contribution in [0.25, 0.3) is 0 Å². The van der Waals surface area contributed by atoms with Crippen LogP contribution in [-0.2, 0) is 21.0 Å². The highest BCUT2D eigenvalue weighted by Crippen LogP contribution is 2.20. The molecule has 0 fully saturated rings. The summed E-state index contributed by atoms with van der Waals surface area (Å²) in [6.07, 6.45) is 0.105. The van der Waals surface area contributed by atoms with E-state index in [9.17, 15) is 4.79 Å². The number of hydrogen-bond acceptors (Lipinski definition) is 4. The molecule has 1 aliphatic rings. The van der Waals surface area contributed by atoms with Gasteiger partial charge in [0.25, 0.3) is 0 Å². The van der Waals surface area contributed by atoms with Crippen molar-refractivity contribution in [1.82, 2.24) is 0 Å². The van der Waals surface area contributed by atoms with E-state index in [1.54, 1.807) is 0 Å². The van der Waals surface area contributed by atoms with Crippen LogP contribution in [0.2, 0.25) is 0 Å². The van der Waals surface area contributed by atoms with Crippen LogP contribution in [0.4, 0.5) is 0 Å². The summed E-state index contributed by atoms with van der Waals surface area (Å²) in [7, 11) is 1.45. The van der Waals surface area contributed by atoms with Crippen LogP contribution < -0.4 is 0 Å². The predicted octanol–water partition coefficient (Wildman–Crippen LogP) is 1.13. The number of carbonyl (C=O) groups is 1. The molecular weight excluding hydrogens is 194 g/mol. The number of ether oxygens (including phenoxy) is 1. The largest absolute Gasteiger partial charge is 0.399 e. The first-order valence-corrected chi connectivity index (χ1v) is 4.63. The molecule has 0 radical (unpaired) electrons. The maximum absolute atomic E-state index is 10.8. The molecule has 78 valence electrons. The summed E-state index contributed by atoms with van der Waals surface area (Å²) in [5.74, 6) is 0. The Labute approximate surface area is 87.5 Å². The second kappa shape index (κ2) is 4.23. The molecule has 0 aromatic heterocycles. The van der Waals surface area contributed by atoms with E-state index in [0.29, 0.717) is 12.3 Å². The van der Waals surface area contributed by atoms with Crippen LogP contribution >= 0.6 is 0 Å². The summed E-state index contributed by atoms with van der Waals surface area (Å²) in [5, 5.41) is 3.84. The van der Waals surface area contributed by atoms with Gasteiger partial charge in [0, 0.05) is 5.56 Å². The Hall–Kier alpha value is -1.68. The molecule has 1 atom stereocenters. The number of benzene rings is 1. The van der Waals surface area contributed by atoms with E-state index >= 15 is 0 Å². The Morgan fingerprint density at radius 3 is 3.07 bits per heavy atom. The molecule has 0 N–H and O–H groups in total. The smallest absolute Gasteiger partial charge is 0.159 e. The molecule has 0 spiro atoms. The van der Waals surface area contributed by atoms with Gasteiger partial charge in [0.15, 0.2) is 12.4 Å². The van der Waals surface area contributed by atoms with Crippen molar-refractivity contribution in [3.8, 4) is 0 Å². The number of nitrogens with zero attached hydrogens (tertiary/aromatic N) is 1. The van der Waals surface area contributed by atoms with Crippen LogP contribution in [0.5, 0.6) is 0 Å². The molecule has 15 heavy (non-hydrogen) atoms. The fraction of sp³-hybridized carbons (Fsp3) is 0.273. The number of aldehydes is 1. The maximum atomic E-state index is 10.8. The van der Waals surface area contributed by atoms with Crippen LogP contribution in [0.15, 0.2) is 29.4 Å². The van der Waals surface area contributed by atoms with Gasteiger partial charge in [0.05, 0.1) is 6.61 Å². The first-order valence-electron chi connectivity index (χ1n) is 4.63. The molecule has 2 rings (SSSR count). The molecule has 0 aliphatic carbocycles. The Balaban J connectivity index is 2.47. The van der Waals surface area contributed by atoms with E-state index in [0.717, 1.165) is 17.4 Å². The minimum Gasteiger partial charge on any atom is -0.399 e. The van der Waals surface area contributed by atoms with Crippen LogP contribution in [-0.4, -0.2) is 25.2 Å². The minimum atomic E-state index is -0.625. The van der Waals surface area contributed by atoms with Gasteiger partial charge >= 0.3 is 0 Å². The maximum Gasteiger partial charge on any atom is 0.159 e. The number of oxime groups is 1. The van der Waals surface area contributed by atoms with Crippen molar-refractivity contribution in [3.05, 3.63) is 35.4 Å². The second-order valence-corrected chi connectivity index (χ2v) is 3.18. The standard InChI is InChI=1S/C11H11NO3/c1-14-12-11-9-5-3-2-4-8(9)7-15-10(11)6-13/h2-6,10H,7H2,1H3/b12-11+. The lowest BCUT2D eigenvalue weighted by atomic mass is 9.98. The zero-order valence-electron chi connectivity index (χ0n) is 8.34. The monoisotopic (exact) mass is 205 g/mol. The highest BCUT2D eigenvalue weighted by molar-refractivity contribution is 6.12. The lowest BCUT2D eigenvalue weighted by Crippen LogP contribution is -2.32. The minimum absolute atomic E-state index is 0.433. The van der Waals surface area contributed by atoms with Crippen LogP contribution in [0.3, 0.4) is 0 Å². The van der Waals surface area contributed by atoms with Gasteiger partial charge in [-0.15, -0.1) is 0 Å². The summed E-state index contributed by atoms with van der Waals surface area (Å²) in [6.45, 7) is 0.433. The third kappa shape index (κ3) is 1.76. The first kappa shape index (κ1) is 9.86. The van der Waals surface area contributed by atoms with Crippen molar-refractivity contribution in [3.63, 3.8) is 0 Å². The van der Waals surface area contributed by atoms with E-state index in [1.807, 2.05) is 24.3 Å². The molecule has 4 nitrogen and oxygen atoms in total. The topological polar surface area (TPSA) is 47.9 Å². The lowest BCUT2D eigenvalue weighted by Gasteiger charge is -2.22. The van der Waals surface area contributed by atoms with E-state index < -0.39 is 6.10 Å². The summed E-state index contributed by atoms with van der Waals surface area (Å²) in [6, 6.07) is 7.68. The quantitative estimate of drug-likeness (QED) is 0.537. The fourth-order valence-electron chi connectivity index (χ4n) is 1.61. The first-order chi connectivity index (χ1) is 7.36. The SMILES string of the molecule is CO/N=C1\c2ccccc2COC1C=O. The summed E-state index contributed by atoms with van der Waals surface area (Å²) < 4.78 is 5.34. The van der Waals surface area contributed by atoms with Crippen molar-refractivity contribution in [1.29, 1.82) is 0 Å². The van der Waals surface area contributed by atoms with E-state index in [4.69, 9.17) is 9.57 Å². The summed E-state index contributed by atoms with van der Waals surface area (Å²) in [4.78, 5) is 15.5. The summed E-state index contributed by atoms with van der Waals surface area (Å²) >= 11 is 0. The molecule has 0 bridgehead atoms. The zero-order valence-corrected chi connectivity index (χ0v) is 8.34. The number of hydrogen-bond donors (Lipinski definition) is 0. The van der Waals surface area contributed by atoms with E-state index in [1.165, 1.54) is 7.11 Å². The van der Waals surface area contributed by atoms with Gasteiger partial charge in [-0.2, -0.15) is 0 Å². The van der Waals surface area contributed by atoms with Gasteiger partial charge in [-0.1, -0.05) is 29.4 Å². The predicted molar refractivity (Wildman–Crippen MR) is 54.6 cm³/mol. The van der Waals surface area contributed by atoms with Crippen LogP contribution in [0.1, 0.15) is 11.1 Å². The fourth-order valence-corrected chi connectivity index (χ4v) is 1.61. The van der Waals surface area contributed by atoms with Gasteiger partial charge in [0.2, 0.25) is 0 Å². The third-order valence-electron chi connectivity index (χ3n) is 2.29. The molecule has 1 aromatic carbocycles. The van der Waals surface area contributed by atoms with Crippen molar-refractivity contribution in [2.45, 2.75) is 12.7 Å². The molecular formula is C11H11NO3. The molecule has 1 unspecified atom stereocenters. The molecule has 1 heterocycles. The average Bonchev–Trinajstić information content (AvgIpc) is 2.30. The van der Waals surface area contributed by atoms with Gasteiger partial charge < -0.3 is 9.57 Å². The normalized spacial score (nSPS) is 22.2. The van der Waals surface area contributed by atoms with Gasteiger partial charge in [-0.3, -0.25) is 4.79 Å². The van der Waals surface area contributed by atoms with Crippen molar-refractivity contribution in [2.75, 3.05) is 7.11 Å².